The topological polar surface area (TPSA) is 58.2 Å². The Morgan fingerprint density at radius 3 is 2.22 bits per heavy atom. The second-order valence-corrected chi connectivity index (χ2v) is 6.14. The van der Waals surface area contributed by atoms with Gasteiger partial charge in [-0.2, -0.15) is 0 Å². The minimum Gasteiger partial charge on any atom is -0.326 e. The van der Waals surface area contributed by atoms with Gasteiger partial charge in [-0.05, 0) is 61.7 Å². The molecule has 0 aliphatic heterocycles. The van der Waals surface area contributed by atoms with Crippen LogP contribution in [0.2, 0.25) is 5.02 Å². The van der Waals surface area contributed by atoms with Gasteiger partial charge in [-0.3, -0.25) is 9.59 Å². The van der Waals surface area contributed by atoms with Crippen LogP contribution in [0.3, 0.4) is 0 Å². The lowest BCUT2D eigenvalue weighted by Gasteiger charge is -2.13. The van der Waals surface area contributed by atoms with Crippen LogP contribution < -0.4 is 10.6 Å². The first kappa shape index (κ1) is 15.6. The number of hydrogen-bond acceptors (Lipinski definition) is 2. The molecule has 23 heavy (non-hydrogen) atoms. The zero-order valence-electron chi connectivity index (χ0n) is 12.7. The van der Waals surface area contributed by atoms with Crippen LogP contribution in [0.25, 0.3) is 0 Å². The number of nitrogens with one attached hydrogen (secondary N) is 2. The molecule has 1 fully saturated rings. The molecule has 0 heterocycles. The van der Waals surface area contributed by atoms with E-state index < -0.39 is 0 Å². The minimum atomic E-state index is -0.213. The standard InChI is InChI=1S/C18H17ClN2O2/c1-11-15(20-17(22)12-5-6-12)3-2-4-16(11)21-18(23)13-7-9-14(19)10-8-13/h2-4,7-10,12H,5-6H2,1H3,(H,20,22)(H,21,23). The number of halogens is 1. The number of hydrogen-bond donors (Lipinski definition) is 2. The van der Waals surface area contributed by atoms with E-state index in [1.54, 1.807) is 24.3 Å². The number of anilines is 2. The first-order chi connectivity index (χ1) is 11.0. The van der Waals surface area contributed by atoms with E-state index in [9.17, 15) is 9.59 Å². The molecule has 2 amide bonds. The second kappa shape index (κ2) is 6.42. The quantitative estimate of drug-likeness (QED) is 0.881. The average molecular weight is 329 g/mol. The van der Waals surface area contributed by atoms with E-state index in [0.717, 1.165) is 24.1 Å². The van der Waals surface area contributed by atoms with Crippen molar-refractivity contribution in [2.75, 3.05) is 10.6 Å². The van der Waals surface area contributed by atoms with E-state index in [2.05, 4.69) is 10.6 Å². The van der Waals surface area contributed by atoms with Gasteiger partial charge in [0, 0.05) is 27.9 Å². The predicted octanol–water partition coefficient (Wildman–Crippen LogP) is 4.25. The lowest BCUT2D eigenvalue weighted by Crippen LogP contribution is -2.16. The first-order valence-corrected chi connectivity index (χ1v) is 7.90. The summed E-state index contributed by atoms with van der Waals surface area (Å²) in [4.78, 5) is 24.2. The zero-order chi connectivity index (χ0) is 16.4. The van der Waals surface area contributed by atoms with Crippen molar-refractivity contribution >= 4 is 34.8 Å². The Morgan fingerprint density at radius 2 is 1.61 bits per heavy atom. The molecule has 1 saturated carbocycles. The molecule has 0 radical (unpaired) electrons. The van der Waals surface area contributed by atoms with Crippen LogP contribution in [0.4, 0.5) is 11.4 Å². The van der Waals surface area contributed by atoms with Crippen LogP contribution >= 0.6 is 11.6 Å². The number of rotatable bonds is 4. The molecule has 0 aromatic heterocycles. The second-order valence-electron chi connectivity index (χ2n) is 5.70. The third kappa shape index (κ3) is 3.71. The fourth-order valence-electron chi connectivity index (χ4n) is 2.28. The summed E-state index contributed by atoms with van der Waals surface area (Å²) in [6, 6.07) is 12.2. The van der Waals surface area contributed by atoms with Crippen LogP contribution in [0.1, 0.15) is 28.8 Å². The van der Waals surface area contributed by atoms with Gasteiger partial charge in [0.1, 0.15) is 0 Å². The monoisotopic (exact) mass is 328 g/mol. The molecular weight excluding hydrogens is 312 g/mol. The van der Waals surface area contributed by atoms with E-state index in [4.69, 9.17) is 11.6 Å². The Balaban J connectivity index is 1.75. The van der Waals surface area contributed by atoms with Crippen molar-refractivity contribution in [3.05, 3.63) is 58.6 Å². The van der Waals surface area contributed by atoms with E-state index in [0.29, 0.717) is 16.3 Å². The lowest BCUT2D eigenvalue weighted by atomic mass is 10.1. The SMILES string of the molecule is Cc1c(NC(=O)c2ccc(Cl)cc2)cccc1NC(=O)C1CC1. The van der Waals surface area contributed by atoms with Gasteiger partial charge in [-0.25, -0.2) is 0 Å². The number of carbonyl (C=O) groups is 2. The summed E-state index contributed by atoms with van der Waals surface area (Å²) in [6.45, 7) is 1.87. The Kier molecular flexibility index (Phi) is 4.35. The summed E-state index contributed by atoms with van der Waals surface area (Å²) in [5, 5.41) is 6.38. The molecule has 3 rings (SSSR count). The highest BCUT2D eigenvalue weighted by molar-refractivity contribution is 6.30. The molecule has 2 aromatic rings. The molecule has 118 valence electrons. The van der Waals surface area contributed by atoms with Crippen molar-refractivity contribution in [2.24, 2.45) is 5.92 Å². The van der Waals surface area contributed by atoms with Crippen LogP contribution in [-0.2, 0) is 4.79 Å². The molecule has 4 nitrogen and oxygen atoms in total. The maximum atomic E-state index is 12.3. The zero-order valence-corrected chi connectivity index (χ0v) is 13.5. The maximum Gasteiger partial charge on any atom is 0.255 e. The van der Waals surface area contributed by atoms with Crippen LogP contribution in [0, 0.1) is 12.8 Å². The van der Waals surface area contributed by atoms with E-state index in [1.165, 1.54) is 0 Å². The lowest BCUT2D eigenvalue weighted by molar-refractivity contribution is -0.117. The number of amides is 2. The van der Waals surface area contributed by atoms with Crippen LogP contribution in [0.15, 0.2) is 42.5 Å². The molecule has 0 atom stereocenters. The van der Waals surface area contributed by atoms with Crippen molar-refractivity contribution in [1.82, 2.24) is 0 Å². The highest BCUT2D eigenvalue weighted by Crippen LogP contribution is 2.31. The van der Waals surface area contributed by atoms with Crippen molar-refractivity contribution in [1.29, 1.82) is 0 Å². The van der Waals surface area contributed by atoms with Crippen molar-refractivity contribution < 1.29 is 9.59 Å². The molecule has 0 unspecified atom stereocenters. The molecule has 2 aromatic carbocycles. The van der Waals surface area contributed by atoms with Gasteiger partial charge in [0.15, 0.2) is 0 Å². The summed E-state index contributed by atoms with van der Waals surface area (Å²) in [7, 11) is 0. The van der Waals surface area contributed by atoms with Gasteiger partial charge < -0.3 is 10.6 Å². The molecule has 0 bridgehead atoms. The van der Waals surface area contributed by atoms with Crippen LogP contribution in [-0.4, -0.2) is 11.8 Å². The van der Waals surface area contributed by atoms with Crippen molar-refractivity contribution in [2.45, 2.75) is 19.8 Å². The summed E-state index contributed by atoms with van der Waals surface area (Å²) < 4.78 is 0. The summed E-state index contributed by atoms with van der Waals surface area (Å²) in [5.41, 5.74) is 2.78. The first-order valence-electron chi connectivity index (χ1n) is 7.52. The van der Waals surface area contributed by atoms with Crippen LogP contribution in [0.5, 0.6) is 0 Å². The van der Waals surface area contributed by atoms with E-state index >= 15 is 0 Å². The highest BCUT2D eigenvalue weighted by Gasteiger charge is 2.29. The highest BCUT2D eigenvalue weighted by atomic mass is 35.5. The Morgan fingerprint density at radius 1 is 1.00 bits per heavy atom. The smallest absolute Gasteiger partial charge is 0.255 e. The van der Waals surface area contributed by atoms with Gasteiger partial charge in [-0.1, -0.05) is 17.7 Å². The summed E-state index contributed by atoms with van der Waals surface area (Å²) in [5.74, 6) is -0.0218. The van der Waals surface area contributed by atoms with E-state index in [1.807, 2.05) is 25.1 Å². The number of carbonyl (C=O) groups excluding carboxylic acids is 2. The normalized spacial score (nSPS) is 13.5. The third-order valence-electron chi connectivity index (χ3n) is 3.89. The largest absolute Gasteiger partial charge is 0.326 e. The molecule has 1 aliphatic carbocycles. The summed E-state index contributed by atoms with van der Waals surface area (Å²) >= 11 is 5.83. The fraction of sp³-hybridized carbons (Fsp3) is 0.222. The molecule has 0 saturated heterocycles. The molecular formula is C18H17ClN2O2. The van der Waals surface area contributed by atoms with Gasteiger partial charge in [0.25, 0.3) is 5.91 Å². The molecule has 1 aliphatic rings. The Hall–Kier alpha value is -2.33. The van der Waals surface area contributed by atoms with Crippen molar-refractivity contribution in [3.8, 4) is 0 Å². The fourth-order valence-corrected chi connectivity index (χ4v) is 2.41. The molecule has 0 spiro atoms. The Bertz CT molecular complexity index is 752. The summed E-state index contributed by atoms with van der Waals surface area (Å²) in [6.07, 6.45) is 1.91. The molecule has 2 N–H and O–H groups in total. The molecule has 5 heteroatoms. The van der Waals surface area contributed by atoms with Gasteiger partial charge >= 0.3 is 0 Å². The number of benzene rings is 2. The predicted molar refractivity (Wildman–Crippen MR) is 91.9 cm³/mol. The van der Waals surface area contributed by atoms with Gasteiger partial charge in [0.2, 0.25) is 5.91 Å². The Labute approximate surface area is 139 Å². The van der Waals surface area contributed by atoms with Crippen molar-refractivity contribution in [3.63, 3.8) is 0 Å². The minimum absolute atomic E-state index is 0.0503. The van der Waals surface area contributed by atoms with E-state index in [-0.39, 0.29) is 17.7 Å². The van der Waals surface area contributed by atoms with Gasteiger partial charge in [0.05, 0.1) is 0 Å². The third-order valence-corrected chi connectivity index (χ3v) is 4.15. The maximum absolute atomic E-state index is 12.3. The van der Waals surface area contributed by atoms with Gasteiger partial charge in [-0.15, -0.1) is 0 Å². The average Bonchev–Trinajstić information content (AvgIpc) is 3.36.